The molecule has 0 unspecified atom stereocenters. The summed E-state index contributed by atoms with van der Waals surface area (Å²) in [6, 6.07) is 6.05. The molecule has 3 nitrogen and oxygen atoms in total. The predicted octanol–water partition coefficient (Wildman–Crippen LogP) is 0.516. The van der Waals surface area contributed by atoms with Crippen LogP contribution >= 0.6 is 0 Å². The molecule has 1 aromatic carbocycles. The highest BCUT2D eigenvalue weighted by Gasteiger charge is 2.04. The molecule has 0 fully saturated rings. The van der Waals surface area contributed by atoms with Gasteiger partial charge in [0.05, 0.1) is 4.90 Å². The van der Waals surface area contributed by atoms with Gasteiger partial charge in [0.1, 0.15) is 0 Å². The summed E-state index contributed by atoms with van der Waals surface area (Å²) in [6.07, 6.45) is 0. The van der Waals surface area contributed by atoms with Crippen LogP contribution in [0.25, 0.3) is 0 Å². The van der Waals surface area contributed by atoms with E-state index >= 15 is 0 Å². The highest BCUT2D eigenvalue weighted by atomic mass is 32.2. The van der Waals surface area contributed by atoms with E-state index in [0.29, 0.717) is 0 Å². The average Bonchev–Trinajstić information content (AvgIpc) is 1.86. The zero-order valence-electron chi connectivity index (χ0n) is 5.82. The normalized spacial score (nSPS) is 11.5. The summed E-state index contributed by atoms with van der Waals surface area (Å²) in [5.74, 6) is 0. The van der Waals surface area contributed by atoms with Crippen LogP contribution in [0, 0.1) is 6.92 Å². The summed E-state index contributed by atoms with van der Waals surface area (Å²) in [7, 11) is -3.55. The lowest BCUT2D eigenvalue weighted by Gasteiger charge is -1.96. The maximum Gasteiger partial charge on any atom is 0.238 e. The molecule has 0 atom stereocenters. The highest BCUT2D eigenvalue weighted by molar-refractivity contribution is 7.89. The fraction of sp³-hybridized carbons (Fsp3) is 0. The Balaban J connectivity index is 3.20. The van der Waals surface area contributed by atoms with Crippen LogP contribution in [0.4, 0.5) is 0 Å². The van der Waals surface area contributed by atoms with Gasteiger partial charge in [-0.15, -0.1) is 0 Å². The van der Waals surface area contributed by atoms with Gasteiger partial charge in [0.25, 0.3) is 0 Å². The molecule has 1 aromatic rings. The lowest BCUT2D eigenvalue weighted by atomic mass is 10.2. The Hall–Kier alpha value is -0.870. The summed E-state index contributed by atoms with van der Waals surface area (Å²) >= 11 is 0. The van der Waals surface area contributed by atoms with Gasteiger partial charge in [0, 0.05) is 0 Å². The first kappa shape index (κ1) is 8.23. The minimum atomic E-state index is -3.55. The van der Waals surface area contributed by atoms with Crippen molar-refractivity contribution in [2.24, 2.45) is 5.14 Å². The monoisotopic (exact) mass is 170 g/mol. The number of rotatable bonds is 1. The minimum Gasteiger partial charge on any atom is -0.225 e. The Morgan fingerprint density at radius 2 is 1.64 bits per heavy atom. The van der Waals surface area contributed by atoms with E-state index in [2.05, 4.69) is 6.92 Å². The third-order valence-corrected chi connectivity index (χ3v) is 2.18. The number of primary sulfonamides is 1. The Morgan fingerprint density at radius 3 is 2.00 bits per heavy atom. The van der Waals surface area contributed by atoms with Crippen molar-refractivity contribution in [2.75, 3.05) is 0 Å². The third-order valence-electron chi connectivity index (χ3n) is 1.25. The molecule has 0 aliphatic rings. The lowest BCUT2D eigenvalue weighted by molar-refractivity contribution is 0.598. The fourth-order valence-corrected chi connectivity index (χ4v) is 1.19. The molecule has 1 radical (unpaired) electrons. The highest BCUT2D eigenvalue weighted by Crippen LogP contribution is 2.06. The summed E-state index contributed by atoms with van der Waals surface area (Å²) in [5.41, 5.74) is 0.761. The fourth-order valence-electron chi connectivity index (χ4n) is 0.679. The van der Waals surface area contributed by atoms with Gasteiger partial charge in [-0.2, -0.15) is 0 Å². The first-order valence-electron chi connectivity index (χ1n) is 2.95. The summed E-state index contributed by atoms with van der Waals surface area (Å²) in [5, 5.41) is 4.86. The third kappa shape index (κ3) is 2.03. The molecule has 59 valence electrons. The standard InChI is InChI=1S/C7H8NO2S/c1-6-2-4-7(5-3-6)11(8,9)10/h2-5H,1H2,(H2,8,9,10). The number of hydrogen-bond donors (Lipinski definition) is 1. The zero-order chi connectivity index (χ0) is 8.48. The SMILES string of the molecule is [CH2]c1ccc(S(N)(=O)=O)cc1. The second-order valence-corrected chi connectivity index (χ2v) is 3.75. The van der Waals surface area contributed by atoms with Crippen LogP contribution in [0.5, 0.6) is 0 Å². The molecule has 11 heavy (non-hydrogen) atoms. The van der Waals surface area contributed by atoms with Crippen molar-refractivity contribution in [1.29, 1.82) is 0 Å². The largest absolute Gasteiger partial charge is 0.238 e. The quantitative estimate of drug-likeness (QED) is 0.667. The van der Waals surface area contributed by atoms with Gasteiger partial charge in [-0.3, -0.25) is 0 Å². The van der Waals surface area contributed by atoms with Crippen molar-refractivity contribution in [3.63, 3.8) is 0 Å². The molecule has 1 rings (SSSR count). The van der Waals surface area contributed by atoms with E-state index in [1.165, 1.54) is 12.1 Å². The average molecular weight is 170 g/mol. The molecule has 0 saturated carbocycles. The first-order chi connectivity index (χ1) is 5.00. The first-order valence-corrected chi connectivity index (χ1v) is 4.49. The molecule has 0 aliphatic heterocycles. The molecule has 0 spiro atoms. The van der Waals surface area contributed by atoms with Crippen LogP contribution < -0.4 is 5.14 Å². The van der Waals surface area contributed by atoms with Crippen LogP contribution in [-0.2, 0) is 10.0 Å². The van der Waals surface area contributed by atoms with Crippen LogP contribution in [0.2, 0.25) is 0 Å². The van der Waals surface area contributed by atoms with E-state index in [4.69, 9.17) is 5.14 Å². The molecule has 0 bridgehead atoms. The smallest absolute Gasteiger partial charge is 0.225 e. The summed E-state index contributed by atoms with van der Waals surface area (Å²) < 4.78 is 21.4. The topological polar surface area (TPSA) is 60.2 Å². The van der Waals surface area contributed by atoms with E-state index in [0.717, 1.165) is 5.56 Å². The van der Waals surface area contributed by atoms with Gasteiger partial charge in [0.2, 0.25) is 10.0 Å². The minimum absolute atomic E-state index is 0.116. The van der Waals surface area contributed by atoms with Gasteiger partial charge in [-0.05, 0) is 24.6 Å². The maximum atomic E-state index is 10.7. The Bertz CT molecular complexity index is 339. The molecule has 0 saturated heterocycles. The van der Waals surface area contributed by atoms with Gasteiger partial charge in [0.15, 0.2) is 0 Å². The summed E-state index contributed by atoms with van der Waals surface area (Å²) in [6.45, 7) is 3.61. The molecule has 0 aromatic heterocycles. The van der Waals surface area contributed by atoms with Gasteiger partial charge in [-0.25, -0.2) is 13.6 Å². The van der Waals surface area contributed by atoms with Gasteiger partial charge < -0.3 is 0 Å². The molecule has 4 heteroatoms. The molecule has 2 N–H and O–H groups in total. The number of hydrogen-bond acceptors (Lipinski definition) is 2. The molecular weight excluding hydrogens is 162 g/mol. The van der Waals surface area contributed by atoms with Crippen molar-refractivity contribution >= 4 is 10.0 Å². The number of benzene rings is 1. The van der Waals surface area contributed by atoms with E-state index in [1.807, 2.05) is 0 Å². The van der Waals surface area contributed by atoms with Crippen LogP contribution in [-0.4, -0.2) is 8.42 Å². The van der Waals surface area contributed by atoms with E-state index in [-0.39, 0.29) is 4.90 Å². The van der Waals surface area contributed by atoms with Crippen molar-refractivity contribution in [1.82, 2.24) is 0 Å². The molecule has 0 amide bonds. The zero-order valence-corrected chi connectivity index (χ0v) is 6.64. The van der Waals surface area contributed by atoms with Crippen molar-refractivity contribution in [3.8, 4) is 0 Å². The Labute approximate surface area is 65.9 Å². The van der Waals surface area contributed by atoms with E-state index < -0.39 is 10.0 Å². The van der Waals surface area contributed by atoms with Crippen molar-refractivity contribution in [3.05, 3.63) is 36.8 Å². The summed E-state index contributed by atoms with van der Waals surface area (Å²) in [4.78, 5) is 0.116. The van der Waals surface area contributed by atoms with Crippen molar-refractivity contribution in [2.45, 2.75) is 4.90 Å². The van der Waals surface area contributed by atoms with Gasteiger partial charge in [-0.1, -0.05) is 12.1 Å². The maximum absolute atomic E-state index is 10.7. The van der Waals surface area contributed by atoms with E-state index in [9.17, 15) is 8.42 Å². The Morgan fingerprint density at radius 1 is 1.18 bits per heavy atom. The Kier molecular flexibility index (Phi) is 1.97. The van der Waals surface area contributed by atoms with Crippen LogP contribution in [0.15, 0.2) is 29.2 Å². The van der Waals surface area contributed by atoms with E-state index in [1.54, 1.807) is 12.1 Å². The second kappa shape index (κ2) is 2.64. The number of sulfonamides is 1. The molecule has 0 heterocycles. The lowest BCUT2D eigenvalue weighted by Crippen LogP contribution is -2.11. The van der Waals surface area contributed by atoms with Crippen LogP contribution in [0.3, 0.4) is 0 Å². The van der Waals surface area contributed by atoms with Crippen molar-refractivity contribution < 1.29 is 8.42 Å². The molecular formula is C7H8NO2S. The molecule has 0 aliphatic carbocycles. The number of nitrogens with two attached hydrogens (primary N) is 1. The van der Waals surface area contributed by atoms with Crippen LogP contribution in [0.1, 0.15) is 5.56 Å². The second-order valence-electron chi connectivity index (χ2n) is 2.19. The predicted molar refractivity (Wildman–Crippen MR) is 42.3 cm³/mol. The van der Waals surface area contributed by atoms with Gasteiger partial charge >= 0.3 is 0 Å².